The summed E-state index contributed by atoms with van der Waals surface area (Å²) in [5.74, 6) is -0.607. The summed E-state index contributed by atoms with van der Waals surface area (Å²) >= 11 is 5.76. The predicted molar refractivity (Wildman–Crippen MR) is 75.0 cm³/mol. The molecule has 0 atom stereocenters. The number of nitro benzene ring substituents is 1. The second-order valence-corrected chi connectivity index (χ2v) is 4.44. The lowest BCUT2D eigenvalue weighted by Crippen LogP contribution is -2.14. The van der Waals surface area contributed by atoms with Crippen LogP contribution in [0, 0.1) is 17.0 Å². The van der Waals surface area contributed by atoms with Crippen LogP contribution < -0.4 is 5.32 Å². The van der Waals surface area contributed by atoms with Crippen LogP contribution in [-0.2, 0) is 0 Å². The summed E-state index contributed by atoms with van der Waals surface area (Å²) in [7, 11) is 0. The van der Waals surface area contributed by atoms with Gasteiger partial charge < -0.3 is 5.32 Å². The van der Waals surface area contributed by atoms with Gasteiger partial charge in [-0.3, -0.25) is 19.9 Å². The van der Waals surface area contributed by atoms with Gasteiger partial charge in [0.05, 0.1) is 16.8 Å². The molecule has 0 aliphatic carbocycles. The Morgan fingerprint density at radius 3 is 2.70 bits per heavy atom. The lowest BCUT2D eigenvalue weighted by atomic mass is 10.1. The van der Waals surface area contributed by atoms with E-state index in [0.29, 0.717) is 5.69 Å². The molecule has 0 fully saturated rings. The third kappa shape index (κ3) is 2.92. The summed E-state index contributed by atoms with van der Waals surface area (Å²) in [5, 5.41) is 13.4. The molecule has 2 rings (SSSR count). The summed E-state index contributed by atoms with van der Waals surface area (Å²) in [6, 6.07) is 7.58. The van der Waals surface area contributed by atoms with E-state index in [9.17, 15) is 14.9 Å². The lowest BCUT2D eigenvalue weighted by molar-refractivity contribution is -0.385. The van der Waals surface area contributed by atoms with Gasteiger partial charge in [-0.15, -0.1) is 0 Å². The first-order valence-corrected chi connectivity index (χ1v) is 6.04. The number of para-hydroxylation sites is 1. The van der Waals surface area contributed by atoms with Crippen molar-refractivity contribution in [2.45, 2.75) is 6.92 Å². The van der Waals surface area contributed by atoms with Crippen LogP contribution in [0.5, 0.6) is 0 Å². The topological polar surface area (TPSA) is 85.1 Å². The van der Waals surface area contributed by atoms with Crippen molar-refractivity contribution in [1.29, 1.82) is 0 Å². The van der Waals surface area contributed by atoms with Gasteiger partial charge in [0.2, 0.25) is 0 Å². The highest BCUT2D eigenvalue weighted by Gasteiger charge is 2.23. The van der Waals surface area contributed by atoms with Crippen LogP contribution in [0.2, 0.25) is 5.02 Å². The fourth-order valence-corrected chi connectivity index (χ4v) is 1.87. The number of anilines is 1. The fourth-order valence-electron chi connectivity index (χ4n) is 1.62. The van der Waals surface area contributed by atoms with Gasteiger partial charge in [0, 0.05) is 5.69 Å². The number of nitro groups is 1. The predicted octanol–water partition coefficient (Wildman–Crippen LogP) is 3.20. The number of aromatic nitrogens is 1. The lowest BCUT2D eigenvalue weighted by Gasteiger charge is -2.06. The highest BCUT2D eigenvalue weighted by molar-refractivity contribution is 6.33. The van der Waals surface area contributed by atoms with Gasteiger partial charge in [0.25, 0.3) is 5.91 Å². The van der Waals surface area contributed by atoms with Crippen molar-refractivity contribution in [3.05, 3.63) is 62.9 Å². The molecule has 102 valence electrons. The standard InChI is InChI=1S/C13H10ClN3O3/c1-8-5-6-9(7-15-8)16-13(18)10-3-2-4-11(14)12(10)17(19)20/h2-7H,1H3,(H,16,18). The summed E-state index contributed by atoms with van der Waals surface area (Å²) in [6.45, 7) is 1.81. The van der Waals surface area contributed by atoms with Crippen molar-refractivity contribution >= 4 is 28.9 Å². The SMILES string of the molecule is Cc1ccc(NC(=O)c2cccc(Cl)c2[N+](=O)[O-])cn1. The zero-order valence-corrected chi connectivity index (χ0v) is 11.2. The molecule has 1 amide bonds. The van der Waals surface area contributed by atoms with Crippen LogP contribution in [0.3, 0.4) is 0 Å². The van der Waals surface area contributed by atoms with Crippen LogP contribution in [0.4, 0.5) is 11.4 Å². The van der Waals surface area contributed by atoms with E-state index in [1.807, 2.05) is 6.92 Å². The molecule has 0 aliphatic heterocycles. The fraction of sp³-hybridized carbons (Fsp3) is 0.0769. The molecule has 1 aromatic heterocycles. The van der Waals surface area contributed by atoms with Crippen LogP contribution in [-0.4, -0.2) is 15.8 Å². The molecule has 0 unspecified atom stereocenters. The Kier molecular flexibility index (Phi) is 3.95. The molecule has 0 saturated heterocycles. The van der Waals surface area contributed by atoms with Crippen LogP contribution in [0.15, 0.2) is 36.5 Å². The number of pyridine rings is 1. The Morgan fingerprint density at radius 2 is 2.10 bits per heavy atom. The van der Waals surface area contributed by atoms with Crippen molar-refractivity contribution in [3.63, 3.8) is 0 Å². The zero-order valence-electron chi connectivity index (χ0n) is 10.5. The number of amides is 1. The van der Waals surface area contributed by atoms with Gasteiger partial charge in [0.15, 0.2) is 0 Å². The molecule has 1 N–H and O–H groups in total. The molecule has 0 saturated carbocycles. The van der Waals surface area contributed by atoms with Crippen LogP contribution >= 0.6 is 11.6 Å². The summed E-state index contributed by atoms with van der Waals surface area (Å²) in [6.07, 6.45) is 1.48. The Morgan fingerprint density at radius 1 is 1.35 bits per heavy atom. The number of carbonyl (C=O) groups is 1. The van der Waals surface area contributed by atoms with Gasteiger partial charge >= 0.3 is 5.69 Å². The third-order valence-electron chi connectivity index (χ3n) is 2.58. The number of halogens is 1. The molecule has 20 heavy (non-hydrogen) atoms. The van der Waals surface area contributed by atoms with Crippen molar-refractivity contribution in [1.82, 2.24) is 4.98 Å². The zero-order chi connectivity index (χ0) is 14.7. The number of nitrogens with one attached hydrogen (secondary N) is 1. The highest BCUT2D eigenvalue weighted by atomic mass is 35.5. The Hall–Kier alpha value is -2.47. The van der Waals surface area contributed by atoms with Crippen molar-refractivity contribution in [2.75, 3.05) is 5.32 Å². The van der Waals surface area contributed by atoms with Gasteiger partial charge in [-0.2, -0.15) is 0 Å². The van der Waals surface area contributed by atoms with E-state index in [-0.39, 0.29) is 10.6 Å². The smallest absolute Gasteiger partial charge is 0.300 e. The van der Waals surface area contributed by atoms with Crippen LogP contribution in [0.25, 0.3) is 0 Å². The largest absolute Gasteiger partial charge is 0.320 e. The molecule has 6 nitrogen and oxygen atoms in total. The van der Waals surface area contributed by atoms with Crippen molar-refractivity contribution in [3.8, 4) is 0 Å². The third-order valence-corrected chi connectivity index (χ3v) is 2.89. The molecule has 0 radical (unpaired) electrons. The number of hydrogen-bond acceptors (Lipinski definition) is 4. The molecular formula is C13H10ClN3O3. The van der Waals surface area contributed by atoms with Crippen molar-refractivity contribution in [2.24, 2.45) is 0 Å². The minimum atomic E-state index is -0.676. The van der Waals surface area contributed by atoms with E-state index in [1.165, 1.54) is 24.4 Å². The van der Waals surface area contributed by atoms with E-state index in [1.54, 1.807) is 12.1 Å². The number of hydrogen-bond donors (Lipinski definition) is 1. The minimum absolute atomic E-state index is 0.0790. The first-order valence-electron chi connectivity index (χ1n) is 5.66. The quantitative estimate of drug-likeness (QED) is 0.695. The summed E-state index contributed by atoms with van der Waals surface area (Å²) < 4.78 is 0. The maximum Gasteiger partial charge on any atom is 0.300 e. The second-order valence-electron chi connectivity index (χ2n) is 4.04. The molecule has 0 spiro atoms. The number of nitrogens with zero attached hydrogens (tertiary/aromatic N) is 2. The van der Waals surface area contributed by atoms with Crippen molar-refractivity contribution < 1.29 is 9.72 Å². The second kappa shape index (κ2) is 5.66. The molecule has 1 heterocycles. The monoisotopic (exact) mass is 291 g/mol. The Labute approximate surface area is 119 Å². The normalized spacial score (nSPS) is 10.1. The summed E-state index contributed by atoms with van der Waals surface area (Å²) in [4.78, 5) is 26.4. The molecular weight excluding hydrogens is 282 g/mol. The van der Waals surface area contributed by atoms with E-state index in [4.69, 9.17) is 11.6 Å². The summed E-state index contributed by atoms with van der Waals surface area (Å²) in [5.41, 5.74) is 0.751. The highest BCUT2D eigenvalue weighted by Crippen LogP contribution is 2.28. The van der Waals surface area contributed by atoms with E-state index in [0.717, 1.165) is 5.69 Å². The number of carbonyl (C=O) groups excluding carboxylic acids is 1. The molecule has 0 aliphatic rings. The maximum atomic E-state index is 12.1. The maximum absolute atomic E-state index is 12.1. The van der Waals surface area contributed by atoms with Gasteiger partial charge in [0.1, 0.15) is 10.6 Å². The van der Waals surface area contributed by atoms with Crippen LogP contribution in [0.1, 0.15) is 16.1 Å². The average Bonchev–Trinajstić information content (AvgIpc) is 2.40. The molecule has 7 heteroatoms. The minimum Gasteiger partial charge on any atom is -0.320 e. The molecule has 1 aromatic carbocycles. The van der Waals surface area contributed by atoms with E-state index < -0.39 is 16.5 Å². The molecule has 2 aromatic rings. The van der Waals surface area contributed by atoms with Gasteiger partial charge in [-0.05, 0) is 31.2 Å². The van der Waals surface area contributed by atoms with Gasteiger partial charge in [-0.25, -0.2) is 0 Å². The Bertz CT molecular complexity index is 671. The number of aryl methyl sites for hydroxylation is 1. The average molecular weight is 292 g/mol. The van der Waals surface area contributed by atoms with Gasteiger partial charge in [-0.1, -0.05) is 17.7 Å². The first kappa shape index (κ1) is 14.0. The van der Waals surface area contributed by atoms with E-state index in [2.05, 4.69) is 10.3 Å². The van der Waals surface area contributed by atoms with E-state index >= 15 is 0 Å². The first-order chi connectivity index (χ1) is 9.49. The Balaban J connectivity index is 2.32. The number of rotatable bonds is 3. The molecule has 0 bridgehead atoms. The number of benzene rings is 1.